The minimum atomic E-state index is -0.135. The van der Waals surface area contributed by atoms with Crippen molar-refractivity contribution in [3.63, 3.8) is 0 Å². The normalized spacial score (nSPS) is 12.5. The number of urea groups is 1. The number of aryl methyl sites for hydroxylation is 2. The van der Waals surface area contributed by atoms with Crippen LogP contribution in [0.1, 0.15) is 25.0 Å². The van der Waals surface area contributed by atoms with Crippen molar-refractivity contribution < 1.29 is 9.59 Å². The highest BCUT2D eigenvalue weighted by molar-refractivity contribution is 6.03. The number of carbonyl (C=O) groups is 2. The van der Waals surface area contributed by atoms with E-state index in [1.165, 1.54) is 0 Å². The highest BCUT2D eigenvalue weighted by Crippen LogP contribution is 2.37. The molecule has 3 aromatic rings. The smallest absolute Gasteiger partial charge is 0.321 e. The van der Waals surface area contributed by atoms with Gasteiger partial charge in [0.15, 0.2) is 0 Å². The molecule has 0 atom stereocenters. The molecule has 2 aromatic carbocycles. The van der Waals surface area contributed by atoms with Crippen LogP contribution in [0.5, 0.6) is 0 Å². The van der Waals surface area contributed by atoms with Gasteiger partial charge in [0.2, 0.25) is 0 Å². The second kappa shape index (κ2) is 9.08. The molecule has 1 aromatic heterocycles. The average Bonchev–Trinajstić information content (AvgIpc) is 3.22. The molecule has 0 aliphatic carbocycles. The lowest BCUT2D eigenvalue weighted by Gasteiger charge is -2.26. The van der Waals surface area contributed by atoms with E-state index in [9.17, 15) is 9.59 Å². The third-order valence-electron chi connectivity index (χ3n) is 5.76. The van der Waals surface area contributed by atoms with Crippen LogP contribution in [0.3, 0.4) is 0 Å². The summed E-state index contributed by atoms with van der Waals surface area (Å²) in [6, 6.07) is 17.6. The van der Waals surface area contributed by atoms with Gasteiger partial charge in [0, 0.05) is 31.2 Å². The Kier molecular flexibility index (Phi) is 6.07. The third kappa shape index (κ3) is 4.33. The van der Waals surface area contributed by atoms with Crippen LogP contribution in [0.2, 0.25) is 0 Å². The predicted octanol–water partition coefficient (Wildman–Crippen LogP) is 4.83. The number of benzene rings is 2. The molecule has 4 rings (SSSR count). The van der Waals surface area contributed by atoms with Crippen molar-refractivity contribution in [3.8, 4) is 0 Å². The maximum Gasteiger partial charge on any atom is 0.321 e. The minimum absolute atomic E-state index is 0.0148. The number of carbonyl (C=O) groups excluding carboxylic acids is 2. The number of hydrogen-bond donors (Lipinski definition) is 1. The standard InChI is InChI=1S/C25H28N4O2/c1-3-28(4-2)25(31)26-21-14-13-20-12-11-19-9-5-6-10-22(19)29(23(20)17-21)24(30)18-27-15-7-8-16-27/h5-10,13-17H,3-4,11-12,18H2,1-2H3,(H,26,31). The fourth-order valence-electron chi connectivity index (χ4n) is 4.09. The summed E-state index contributed by atoms with van der Waals surface area (Å²) in [6.07, 6.45) is 5.48. The molecule has 1 aliphatic heterocycles. The number of para-hydroxylation sites is 1. The number of anilines is 3. The molecule has 0 unspecified atom stereocenters. The largest absolute Gasteiger partial charge is 0.345 e. The molecule has 6 heteroatoms. The van der Waals surface area contributed by atoms with Gasteiger partial charge in [-0.1, -0.05) is 24.3 Å². The van der Waals surface area contributed by atoms with E-state index in [-0.39, 0.29) is 18.5 Å². The van der Waals surface area contributed by atoms with E-state index < -0.39 is 0 Å². The van der Waals surface area contributed by atoms with Gasteiger partial charge in [0.1, 0.15) is 6.54 Å². The van der Waals surface area contributed by atoms with Crippen LogP contribution in [-0.2, 0) is 24.2 Å². The Bertz CT molecular complexity index is 1070. The lowest BCUT2D eigenvalue weighted by Crippen LogP contribution is -2.34. The number of fused-ring (bicyclic) bond motifs is 2. The number of nitrogens with zero attached hydrogens (tertiary/aromatic N) is 3. The molecule has 0 bridgehead atoms. The quantitative estimate of drug-likeness (QED) is 0.648. The zero-order valence-electron chi connectivity index (χ0n) is 18.0. The summed E-state index contributed by atoms with van der Waals surface area (Å²) >= 11 is 0. The molecule has 160 valence electrons. The molecule has 1 aliphatic rings. The van der Waals surface area contributed by atoms with Crippen LogP contribution >= 0.6 is 0 Å². The highest BCUT2D eigenvalue weighted by Gasteiger charge is 2.26. The van der Waals surface area contributed by atoms with Crippen molar-refractivity contribution in [2.75, 3.05) is 23.3 Å². The molecule has 31 heavy (non-hydrogen) atoms. The monoisotopic (exact) mass is 416 g/mol. The van der Waals surface area contributed by atoms with Crippen molar-refractivity contribution in [2.45, 2.75) is 33.2 Å². The molecule has 6 nitrogen and oxygen atoms in total. The Labute approximate surface area is 183 Å². The first-order valence-corrected chi connectivity index (χ1v) is 10.8. The van der Waals surface area contributed by atoms with Crippen LogP contribution in [-0.4, -0.2) is 34.5 Å². The number of hydrogen-bond acceptors (Lipinski definition) is 2. The van der Waals surface area contributed by atoms with Gasteiger partial charge in [-0.3, -0.25) is 9.69 Å². The summed E-state index contributed by atoms with van der Waals surface area (Å²) in [5.41, 5.74) is 4.67. The van der Waals surface area contributed by atoms with E-state index >= 15 is 0 Å². The first-order chi connectivity index (χ1) is 15.1. The van der Waals surface area contributed by atoms with Gasteiger partial charge in [-0.05, 0) is 68.1 Å². The Hall–Kier alpha value is -3.54. The first-order valence-electron chi connectivity index (χ1n) is 10.8. The molecule has 0 radical (unpaired) electrons. The highest BCUT2D eigenvalue weighted by atomic mass is 16.2. The Morgan fingerprint density at radius 3 is 2.29 bits per heavy atom. The van der Waals surface area contributed by atoms with Crippen molar-refractivity contribution in [3.05, 3.63) is 78.1 Å². The van der Waals surface area contributed by atoms with E-state index in [1.807, 2.05) is 84.2 Å². The molecule has 0 fully saturated rings. The van der Waals surface area contributed by atoms with Crippen molar-refractivity contribution in [2.24, 2.45) is 0 Å². The second-order valence-corrected chi connectivity index (χ2v) is 7.66. The first kappa shape index (κ1) is 20.7. The van der Waals surface area contributed by atoms with E-state index in [4.69, 9.17) is 0 Å². The number of aromatic nitrogens is 1. The van der Waals surface area contributed by atoms with Crippen LogP contribution in [0, 0.1) is 0 Å². The van der Waals surface area contributed by atoms with Crippen molar-refractivity contribution in [1.82, 2.24) is 9.47 Å². The fourth-order valence-corrected chi connectivity index (χ4v) is 4.09. The molecule has 0 saturated heterocycles. The summed E-state index contributed by atoms with van der Waals surface area (Å²) in [4.78, 5) is 29.6. The minimum Gasteiger partial charge on any atom is -0.345 e. The van der Waals surface area contributed by atoms with E-state index in [0.29, 0.717) is 18.8 Å². The average molecular weight is 417 g/mol. The SMILES string of the molecule is CCN(CC)C(=O)Nc1ccc2c(c1)N(C(=O)Cn1cccc1)c1ccccc1CC2. The maximum absolute atomic E-state index is 13.5. The maximum atomic E-state index is 13.5. The zero-order valence-corrected chi connectivity index (χ0v) is 18.0. The van der Waals surface area contributed by atoms with Crippen LogP contribution in [0.4, 0.5) is 21.9 Å². The molecule has 3 amide bonds. The molecule has 0 saturated carbocycles. The summed E-state index contributed by atoms with van der Waals surface area (Å²) in [5, 5.41) is 2.99. The van der Waals surface area contributed by atoms with Crippen LogP contribution in [0.25, 0.3) is 0 Å². The molecule has 1 N–H and O–H groups in total. The third-order valence-corrected chi connectivity index (χ3v) is 5.76. The van der Waals surface area contributed by atoms with E-state index in [1.54, 1.807) is 4.90 Å². The lowest BCUT2D eigenvalue weighted by atomic mass is 10.0. The Morgan fingerprint density at radius 2 is 1.58 bits per heavy atom. The second-order valence-electron chi connectivity index (χ2n) is 7.66. The van der Waals surface area contributed by atoms with Gasteiger partial charge in [-0.25, -0.2) is 4.79 Å². The van der Waals surface area contributed by atoms with Crippen molar-refractivity contribution in [1.29, 1.82) is 0 Å². The molecular formula is C25H28N4O2. The number of rotatable bonds is 5. The summed E-state index contributed by atoms with van der Waals surface area (Å²) in [7, 11) is 0. The number of nitrogens with one attached hydrogen (secondary N) is 1. The Balaban J connectivity index is 1.73. The lowest BCUT2D eigenvalue weighted by molar-refractivity contribution is -0.118. The van der Waals surface area contributed by atoms with Crippen molar-refractivity contribution >= 4 is 29.0 Å². The van der Waals surface area contributed by atoms with Crippen LogP contribution < -0.4 is 10.2 Å². The van der Waals surface area contributed by atoms with Gasteiger partial charge >= 0.3 is 6.03 Å². The topological polar surface area (TPSA) is 57.6 Å². The summed E-state index contributed by atoms with van der Waals surface area (Å²) < 4.78 is 1.88. The molecular weight excluding hydrogens is 388 g/mol. The number of amides is 3. The van der Waals surface area contributed by atoms with Gasteiger partial charge in [-0.2, -0.15) is 0 Å². The predicted molar refractivity (Wildman–Crippen MR) is 124 cm³/mol. The van der Waals surface area contributed by atoms with Gasteiger partial charge in [0.05, 0.1) is 11.4 Å². The van der Waals surface area contributed by atoms with Gasteiger partial charge in [0.25, 0.3) is 5.91 Å². The summed E-state index contributed by atoms with van der Waals surface area (Å²) in [6.45, 7) is 5.44. The van der Waals surface area contributed by atoms with Gasteiger partial charge < -0.3 is 14.8 Å². The molecule has 0 spiro atoms. The fraction of sp³-hybridized carbons (Fsp3) is 0.280. The van der Waals surface area contributed by atoms with E-state index in [2.05, 4.69) is 11.4 Å². The Morgan fingerprint density at radius 1 is 0.903 bits per heavy atom. The van der Waals surface area contributed by atoms with E-state index in [0.717, 1.165) is 35.3 Å². The van der Waals surface area contributed by atoms with Gasteiger partial charge in [-0.15, -0.1) is 0 Å². The summed E-state index contributed by atoms with van der Waals surface area (Å²) in [5.74, 6) is -0.0148. The van der Waals surface area contributed by atoms with Crippen LogP contribution in [0.15, 0.2) is 67.0 Å². The zero-order chi connectivity index (χ0) is 21.8. The molecule has 2 heterocycles.